The summed E-state index contributed by atoms with van der Waals surface area (Å²) in [4.78, 5) is 23.5. The Morgan fingerprint density at radius 3 is 2.75 bits per heavy atom. The van der Waals surface area contributed by atoms with Gasteiger partial charge in [0.15, 0.2) is 0 Å². The number of non-ortho nitro benzene ring substituents is 1. The van der Waals surface area contributed by atoms with Crippen LogP contribution in [0.3, 0.4) is 0 Å². The maximum Gasteiger partial charge on any atom is 0.317 e. The normalized spacial score (nSPS) is 23.0. The summed E-state index contributed by atoms with van der Waals surface area (Å²) in [6.07, 6.45) is 4.32. The first-order chi connectivity index (χ1) is 11.5. The maximum absolute atomic E-state index is 11.0. The smallest absolute Gasteiger partial charge is 0.317 e. The zero-order chi connectivity index (χ0) is 17.1. The van der Waals surface area contributed by atoms with Crippen molar-refractivity contribution in [3.05, 3.63) is 39.9 Å². The molecule has 2 aliphatic carbocycles. The van der Waals surface area contributed by atoms with E-state index in [1.54, 1.807) is 12.1 Å². The number of benzene rings is 1. The van der Waals surface area contributed by atoms with E-state index < -0.39 is 5.97 Å². The minimum absolute atomic E-state index is 0.109. The first kappa shape index (κ1) is 16.9. The van der Waals surface area contributed by atoms with Crippen molar-refractivity contribution in [1.29, 1.82) is 0 Å². The molecule has 0 spiro atoms. The van der Waals surface area contributed by atoms with E-state index in [0.717, 1.165) is 24.9 Å². The molecule has 0 heterocycles. The molecule has 1 aromatic rings. The second-order valence-corrected chi connectivity index (χ2v) is 6.90. The molecule has 0 bridgehead atoms. The lowest BCUT2D eigenvalue weighted by atomic mass is 9.85. The zero-order valence-corrected chi connectivity index (χ0v) is 13.6. The zero-order valence-electron chi connectivity index (χ0n) is 13.6. The molecule has 0 saturated heterocycles. The van der Waals surface area contributed by atoms with Gasteiger partial charge in [-0.15, -0.1) is 0 Å². The summed E-state index contributed by atoms with van der Waals surface area (Å²) in [7, 11) is 0. The van der Waals surface area contributed by atoms with Gasteiger partial charge in [-0.05, 0) is 37.2 Å². The van der Waals surface area contributed by atoms with Crippen molar-refractivity contribution in [2.45, 2.75) is 44.3 Å². The Balaban J connectivity index is 1.45. The van der Waals surface area contributed by atoms with Gasteiger partial charge in [-0.2, -0.15) is 0 Å². The summed E-state index contributed by atoms with van der Waals surface area (Å²) in [6.45, 7) is 1.62. The maximum atomic E-state index is 11.0. The van der Waals surface area contributed by atoms with E-state index in [-0.39, 0.29) is 17.2 Å². The molecule has 0 unspecified atom stereocenters. The van der Waals surface area contributed by atoms with Crippen LogP contribution in [0.2, 0.25) is 0 Å². The summed E-state index contributed by atoms with van der Waals surface area (Å²) in [5, 5.41) is 23.3. The fourth-order valence-corrected chi connectivity index (χ4v) is 3.24. The van der Waals surface area contributed by atoms with Crippen LogP contribution >= 0.6 is 0 Å². The van der Waals surface area contributed by atoms with Crippen LogP contribution in [-0.2, 0) is 11.3 Å². The van der Waals surface area contributed by atoms with Crippen LogP contribution in [-0.4, -0.2) is 46.1 Å². The lowest BCUT2D eigenvalue weighted by Gasteiger charge is -2.43. The van der Waals surface area contributed by atoms with Crippen molar-refractivity contribution in [2.75, 3.05) is 13.1 Å². The van der Waals surface area contributed by atoms with E-state index >= 15 is 0 Å². The third-order valence-corrected chi connectivity index (χ3v) is 4.87. The summed E-state index contributed by atoms with van der Waals surface area (Å²) in [5.74, 6) is -0.0788. The van der Waals surface area contributed by atoms with Gasteiger partial charge in [-0.1, -0.05) is 12.1 Å². The largest absolute Gasteiger partial charge is 0.480 e. The topological polar surface area (TPSA) is 95.7 Å². The Morgan fingerprint density at radius 2 is 2.12 bits per heavy atom. The van der Waals surface area contributed by atoms with Crippen LogP contribution in [0.15, 0.2) is 24.3 Å². The molecule has 0 radical (unpaired) electrons. The predicted molar refractivity (Wildman–Crippen MR) is 88.7 cm³/mol. The third-order valence-electron chi connectivity index (χ3n) is 4.87. The summed E-state index contributed by atoms with van der Waals surface area (Å²) in [6, 6.07) is 7.34. The molecule has 2 N–H and O–H groups in total. The number of hydrogen-bond acceptors (Lipinski definition) is 5. The second-order valence-electron chi connectivity index (χ2n) is 6.90. The summed E-state index contributed by atoms with van der Waals surface area (Å²) >= 11 is 0. The highest BCUT2D eigenvalue weighted by molar-refractivity contribution is 5.69. The van der Waals surface area contributed by atoms with Gasteiger partial charge in [0, 0.05) is 37.3 Å². The third kappa shape index (κ3) is 4.52. The van der Waals surface area contributed by atoms with Gasteiger partial charge in [0.05, 0.1) is 11.5 Å². The van der Waals surface area contributed by atoms with E-state index in [2.05, 4.69) is 10.2 Å². The quantitative estimate of drug-likeness (QED) is 0.530. The Labute approximate surface area is 140 Å². The van der Waals surface area contributed by atoms with Gasteiger partial charge in [0.25, 0.3) is 5.69 Å². The number of nitro groups is 1. The van der Waals surface area contributed by atoms with Crippen molar-refractivity contribution < 1.29 is 14.8 Å². The lowest BCUT2D eigenvalue weighted by Crippen LogP contribution is -2.54. The first-order valence-corrected chi connectivity index (χ1v) is 8.44. The summed E-state index contributed by atoms with van der Waals surface area (Å²) in [5.41, 5.74) is 1.01. The Kier molecular flexibility index (Phi) is 5.11. The molecule has 0 amide bonds. The van der Waals surface area contributed by atoms with Crippen molar-refractivity contribution in [3.63, 3.8) is 0 Å². The number of nitro benzene ring substituents is 1. The molecule has 24 heavy (non-hydrogen) atoms. The van der Waals surface area contributed by atoms with E-state index in [1.807, 2.05) is 6.07 Å². The van der Waals surface area contributed by atoms with Gasteiger partial charge in [-0.3, -0.25) is 19.8 Å². The average molecular weight is 333 g/mol. The molecule has 0 aliphatic heterocycles. The first-order valence-electron chi connectivity index (χ1n) is 8.44. The highest BCUT2D eigenvalue weighted by atomic mass is 16.6. The van der Waals surface area contributed by atoms with Crippen molar-refractivity contribution in [3.8, 4) is 0 Å². The van der Waals surface area contributed by atoms with Gasteiger partial charge < -0.3 is 10.4 Å². The minimum Gasteiger partial charge on any atom is -0.480 e. The molecule has 2 saturated carbocycles. The predicted octanol–water partition coefficient (Wildman–Crippen LogP) is 2.01. The SMILES string of the molecule is O=C(O)CN(CC1CC1)C1CC(NCc2cccc([N+](=O)[O-])c2)C1. The van der Waals surface area contributed by atoms with Crippen molar-refractivity contribution in [2.24, 2.45) is 5.92 Å². The Hall–Kier alpha value is -1.99. The van der Waals surface area contributed by atoms with E-state index in [0.29, 0.717) is 24.5 Å². The number of carbonyl (C=O) groups is 1. The van der Waals surface area contributed by atoms with Crippen LogP contribution in [0.5, 0.6) is 0 Å². The fourth-order valence-electron chi connectivity index (χ4n) is 3.24. The summed E-state index contributed by atoms with van der Waals surface area (Å²) < 4.78 is 0. The van der Waals surface area contributed by atoms with Crippen LogP contribution in [0, 0.1) is 16.0 Å². The molecule has 2 fully saturated rings. The number of carboxylic acid groups (broad SMARTS) is 1. The van der Waals surface area contributed by atoms with Crippen LogP contribution < -0.4 is 5.32 Å². The van der Waals surface area contributed by atoms with Gasteiger partial charge in [0.1, 0.15) is 0 Å². The van der Waals surface area contributed by atoms with E-state index in [4.69, 9.17) is 5.11 Å². The number of carboxylic acids is 1. The standard InChI is InChI=1S/C17H23N3O4/c21-17(22)11-19(10-12-4-5-12)16-7-14(8-16)18-9-13-2-1-3-15(6-13)20(23)24/h1-3,6,12,14,16,18H,4-5,7-11H2,(H,21,22). The average Bonchev–Trinajstić information content (AvgIpc) is 3.29. The Morgan fingerprint density at radius 1 is 1.38 bits per heavy atom. The number of rotatable bonds is 9. The van der Waals surface area contributed by atoms with Crippen LogP contribution in [0.4, 0.5) is 5.69 Å². The molecule has 7 nitrogen and oxygen atoms in total. The number of aliphatic carboxylic acids is 1. The molecular formula is C17H23N3O4. The minimum atomic E-state index is -0.761. The highest BCUT2D eigenvalue weighted by Gasteiger charge is 2.36. The van der Waals surface area contributed by atoms with Crippen molar-refractivity contribution >= 4 is 11.7 Å². The molecule has 3 rings (SSSR count). The van der Waals surface area contributed by atoms with E-state index in [9.17, 15) is 14.9 Å². The fraction of sp³-hybridized carbons (Fsp3) is 0.588. The molecule has 130 valence electrons. The Bertz CT molecular complexity index is 612. The second kappa shape index (κ2) is 7.27. The molecule has 0 atom stereocenters. The van der Waals surface area contributed by atoms with E-state index in [1.165, 1.54) is 18.9 Å². The van der Waals surface area contributed by atoms with Crippen LogP contribution in [0.25, 0.3) is 0 Å². The molecule has 1 aromatic carbocycles. The van der Waals surface area contributed by atoms with Gasteiger partial charge in [0.2, 0.25) is 0 Å². The monoisotopic (exact) mass is 333 g/mol. The van der Waals surface area contributed by atoms with Gasteiger partial charge in [-0.25, -0.2) is 0 Å². The molecule has 7 heteroatoms. The highest BCUT2D eigenvalue weighted by Crippen LogP contribution is 2.33. The lowest BCUT2D eigenvalue weighted by molar-refractivity contribution is -0.384. The van der Waals surface area contributed by atoms with Crippen LogP contribution in [0.1, 0.15) is 31.2 Å². The number of hydrogen-bond donors (Lipinski definition) is 2. The molecule has 0 aromatic heterocycles. The van der Waals surface area contributed by atoms with Gasteiger partial charge >= 0.3 is 5.97 Å². The number of nitrogens with one attached hydrogen (secondary N) is 1. The number of nitrogens with zero attached hydrogens (tertiary/aromatic N) is 2. The van der Waals surface area contributed by atoms with Crippen molar-refractivity contribution in [1.82, 2.24) is 10.2 Å². The molecule has 2 aliphatic rings. The molecular weight excluding hydrogens is 310 g/mol.